The molecule has 3 aromatic rings. The molecule has 7 nitrogen and oxygen atoms in total. The molecular formula is C22H26ClN5O2. The van der Waals surface area contributed by atoms with Gasteiger partial charge in [-0.25, -0.2) is 4.79 Å². The van der Waals surface area contributed by atoms with Crippen molar-refractivity contribution in [1.29, 1.82) is 0 Å². The first-order chi connectivity index (χ1) is 14.3. The van der Waals surface area contributed by atoms with Crippen molar-refractivity contribution >= 4 is 39.9 Å². The van der Waals surface area contributed by atoms with E-state index in [-0.39, 0.29) is 24.2 Å². The van der Waals surface area contributed by atoms with Crippen LogP contribution in [0.15, 0.2) is 41.2 Å². The molecule has 0 unspecified atom stereocenters. The number of hydrogen-bond acceptors (Lipinski definition) is 4. The van der Waals surface area contributed by atoms with Crippen LogP contribution in [0.2, 0.25) is 5.02 Å². The Morgan fingerprint density at radius 2 is 2.03 bits per heavy atom. The van der Waals surface area contributed by atoms with Gasteiger partial charge in [0.1, 0.15) is 0 Å². The molecular weight excluding hydrogens is 402 g/mol. The minimum atomic E-state index is -0.152. The van der Waals surface area contributed by atoms with Gasteiger partial charge >= 0.3 is 5.69 Å². The van der Waals surface area contributed by atoms with Gasteiger partial charge in [-0.05, 0) is 55.8 Å². The van der Waals surface area contributed by atoms with Gasteiger partial charge in [0.2, 0.25) is 5.91 Å². The monoisotopic (exact) mass is 427 g/mol. The van der Waals surface area contributed by atoms with E-state index in [1.807, 2.05) is 42.2 Å². The number of aromatic amines is 1. The van der Waals surface area contributed by atoms with Crippen molar-refractivity contribution in [3.05, 3.63) is 57.5 Å². The highest BCUT2D eigenvalue weighted by Gasteiger charge is 2.27. The summed E-state index contributed by atoms with van der Waals surface area (Å²) in [5.74, 6) is 0.0665. The molecule has 2 N–H and O–H groups in total. The van der Waals surface area contributed by atoms with Crippen molar-refractivity contribution in [2.45, 2.75) is 19.9 Å². The number of benzene rings is 2. The molecule has 1 amide bonds. The Morgan fingerprint density at radius 3 is 2.77 bits per heavy atom. The summed E-state index contributed by atoms with van der Waals surface area (Å²) in [6.45, 7) is 6.50. The van der Waals surface area contributed by atoms with Crippen molar-refractivity contribution in [2.24, 2.45) is 7.05 Å². The van der Waals surface area contributed by atoms with Gasteiger partial charge in [-0.3, -0.25) is 9.36 Å². The lowest BCUT2D eigenvalue weighted by molar-refractivity contribution is -0.130. The van der Waals surface area contributed by atoms with Gasteiger partial charge in [-0.1, -0.05) is 11.6 Å². The largest absolute Gasteiger partial charge is 0.376 e. The minimum absolute atomic E-state index is 0.0665. The highest BCUT2D eigenvalue weighted by Crippen LogP contribution is 2.26. The molecule has 0 radical (unpaired) electrons. The normalized spacial score (nSPS) is 16.9. The van der Waals surface area contributed by atoms with Crippen LogP contribution >= 0.6 is 11.6 Å². The first-order valence-electron chi connectivity index (χ1n) is 10.1. The fraction of sp³-hybridized carbons (Fsp3) is 0.364. The molecule has 4 rings (SSSR count). The van der Waals surface area contributed by atoms with E-state index in [0.29, 0.717) is 13.1 Å². The minimum Gasteiger partial charge on any atom is -0.376 e. The number of carbonyl (C=O) groups is 1. The number of fused-ring (bicyclic) bond motifs is 1. The van der Waals surface area contributed by atoms with E-state index < -0.39 is 0 Å². The van der Waals surface area contributed by atoms with Crippen LogP contribution < -0.4 is 15.9 Å². The van der Waals surface area contributed by atoms with Crippen molar-refractivity contribution in [3.8, 4) is 0 Å². The average Bonchev–Trinajstić information content (AvgIpc) is 3.01. The van der Waals surface area contributed by atoms with Crippen LogP contribution in [0, 0.1) is 6.92 Å². The fourth-order valence-electron chi connectivity index (χ4n) is 4.00. The number of aryl methyl sites for hydroxylation is 2. The summed E-state index contributed by atoms with van der Waals surface area (Å²) in [5.41, 5.74) is 4.44. The van der Waals surface area contributed by atoms with Crippen LogP contribution in [-0.2, 0) is 11.8 Å². The molecule has 1 saturated heterocycles. The molecule has 1 aliphatic rings. The average molecular weight is 428 g/mol. The molecule has 1 fully saturated rings. The first-order valence-corrected chi connectivity index (χ1v) is 10.4. The number of amides is 1. The Hall–Kier alpha value is -2.93. The summed E-state index contributed by atoms with van der Waals surface area (Å²) in [7, 11) is 1.72. The number of nitrogens with zero attached hydrogens (tertiary/aromatic N) is 3. The zero-order valence-corrected chi connectivity index (χ0v) is 18.2. The van der Waals surface area contributed by atoms with Crippen molar-refractivity contribution in [1.82, 2.24) is 14.5 Å². The molecule has 0 aliphatic carbocycles. The molecule has 30 heavy (non-hydrogen) atoms. The lowest BCUT2D eigenvalue weighted by Gasteiger charge is -2.41. The van der Waals surface area contributed by atoms with E-state index >= 15 is 0 Å². The van der Waals surface area contributed by atoms with Crippen LogP contribution in [0.3, 0.4) is 0 Å². The summed E-state index contributed by atoms with van der Waals surface area (Å²) in [5, 5.41) is 3.96. The molecule has 0 saturated carbocycles. The number of anilines is 2. The summed E-state index contributed by atoms with van der Waals surface area (Å²) < 4.78 is 1.56. The Kier molecular flexibility index (Phi) is 5.47. The third kappa shape index (κ3) is 3.89. The number of halogens is 1. The molecule has 158 valence electrons. The number of hydrogen-bond donors (Lipinski definition) is 2. The molecule has 0 spiro atoms. The zero-order chi connectivity index (χ0) is 21.4. The molecule has 8 heteroatoms. The van der Waals surface area contributed by atoms with E-state index in [0.717, 1.165) is 39.5 Å². The van der Waals surface area contributed by atoms with Crippen molar-refractivity contribution in [2.75, 3.05) is 36.4 Å². The van der Waals surface area contributed by atoms with Crippen molar-refractivity contribution < 1.29 is 4.79 Å². The third-order valence-corrected chi connectivity index (χ3v) is 6.23. The highest BCUT2D eigenvalue weighted by atomic mass is 35.5. The first kappa shape index (κ1) is 20.3. The number of aromatic nitrogens is 2. The predicted octanol–water partition coefficient (Wildman–Crippen LogP) is 2.98. The molecule has 1 aliphatic heterocycles. The Balaban J connectivity index is 1.37. The molecule has 2 heterocycles. The number of piperazine rings is 1. The van der Waals surface area contributed by atoms with Gasteiger partial charge in [0, 0.05) is 49.1 Å². The standard InChI is InChI=1S/C22H26ClN5O2/c1-14-10-17(5-6-18(14)23)28-9-8-27(13-15(28)2)21(29)12-24-16-4-7-19-20(11-16)26(3)22(30)25-19/h4-7,10-11,15,24H,8-9,12-13H2,1-3H3,(H,25,30)/t15-/m1/s1. The van der Waals surface area contributed by atoms with Crippen LogP contribution in [0.5, 0.6) is 0 Å². The Bertz CT molecular complexity index is 1150. The van der Waals surface area contributed by atoms with Gasteiger partial charge in [-0.2, -0.15) is 0 Å². The number of carbonyl (C=O) groups excluding carboxylic acids is 1. The van der Waals surface area contributed by atoms with Gasteiger partial charge in [0.15, 0.2) is 0 Å². The van der Waals surface area contributed by atoms with E-state index in [1.165, 1.54) is 0 Å². The maximum atomic E-state index is 12.8. The molecule has 0 bridgehead atoms. The summed E-state index contributed by atoms with van der Waals surface area (Å²) in [4.78, 5) is 31.5. The summed E-state index contributed by atoms with van der Waals surface area (Å²) in [6, 6.07) is 11.9. The number of imidazole rings is 1. The maximum Gasteiger partial charge on any atom is 0.326 e. The maximum absolute atomic E-state index is 12.8. The zero-order valence-electron chi connectivity index (χ0n) is 17.4. The van der Waals surface area contributed by atoms with Crippen molar-refractivity contribution in [3.63, 3.8) is 0 Å². The Labute approximate surface area is 180 Å². The second kappa shape index (κ2) is 8.07. The predicted molar refractivity (Wildman–Crippen MR) is 122 cm³/mol. The van der Waals surface area contributed by atoms with Gasteiger partial charge in [0.05, 0.1) is 17.6 Å². The number of nitrogens with one attached hydrogen (secondary N) is 2. The number of H-pyrrole nitrogens is 1. The smallest absolute Gasteiger partial charge is 0.326 e. The summed E-state index contributed by atoms with van der Waals surface area (Å²) >= 11 is 6.15. The van der Waals surface area contributed by atoms with E-state index in [4.69, 9.17) is 11.6 Å². The Morgan fingerprint density at radius 1 is 1.23 bits per heavy atom. The lowest BCUT2D eigenvalue weighted by Crippen LogP contribution is -2.54. The topological polar surface area (TPSA) is 73.4 Å². The third-order valence-electron chi connectivity index (χ3n) is 5.80. The van der Waals surface area contributed by atoms with Crippen LogP contribution in [-0.4, -0.2) is 52.6 Å². The quantitative estimate of drug-likeness (QED) is 0.671. The van der Waals surface area contributed by atoms with Crippen LogP contribution in [0.4, 0.5) is 11.4 Å². The highest BCUT2D eigenvalue weighted by molar-refractivity contribution is 6.31. The molecule has 1 atom stereocenters. The summed E-state index contributed by atoms with van der Waals surface area (Å²) in [6.07, 6.45) is 0. The second-order valence-corrected chi connectivity index (χ2v) is 8.30. The van der Waals surface area contributed by atoms with Gasteiger partial charge in [0.25, 0.3) is 0 Å². The molecule has 1 aromatic heterocycles. The van der Waals surface area contributed by atoms with E-state index in [2.05, 4.69) is 28.2 Å². The van der Waals surface area contributed by atoms with E-state index in [1.54, 1.807) is 11.6 Å². The fourth-order valence-corrected chi connectivity index (χ4v) is 4.12. The second-order valence-electron chi connectivity index (χ2n) is 7.89. The number of rotatable bonds is 4. The van der Waals surface area contributed by atoms with Crippen LogP contribution in [0.25, 0.3) is 11.0 Å². The lowest BCUT2D eigenvalue weighted by atomic mass is 10.1. The SMILES string of the molecule is Cc1cc(N2CCN(C(=O)CNc3ccc4[nH]c(=O)n(C)c4c3)C[C@H]2C)ccc1Cl. The van der Waals surface area contributed by atoms with Gasteiger partial charge in [-0.15, -0.1) is 0 Å². The van der Waals surface area contributed by atoms with Crippen LogP contribution in [0.1, 0.15) is 12.5 Å². The van der Waals surface area contributed by atoms with Gasteiger partial charge < -0.3 is 20.1 Å². The molecule has 2 aromatic carbocycles. The van der Waals surface area contributed by atoms with E-state index in [9.17, 15) is 9.59 Å².